The minimum atomic E-state index is -1.09. The molecule has 9 heteroatoms. The van der Waals surface area contributed by atoms with Gasteiger partial charge >= 0.3 is 12.0 Å². The van der Waals surface area contributed by atoms with E-state index in [0.29, 0.717) is 24.5 Å². The minimum Gasteiger partial charge on any atom is -0.478 e. The van der Waals surface area contributed by atoms with Gasteiger partial charge in [0.15, 0.2) is 0 Å². The molecule has 2 N–H and O–H groups in total. The molecule has 1 aromatic carbocycles. The van der Waals surface area contributed by atoms with Gasteiger partial charge in [-0.15, -0.1) is 0 Å². The number of rotatable bonds is 5. The second-order valence-electron chi connectivity index (χ2n) is 6.20. The molecular formula is C18H18ClN3O5. The quantitative estimate of drug-likeness (QED) is 0.815. The number of aromatic carboxylic acids is 1. The van der Waals surface area contributed by atoms with Crippen LogP contribution >= 0.6 is 11.6 Å². The maximum atomic E-state index is 12.8. The topological polar surface area (TPSA) is 103 Å². The van der Waals surface area contributed by atoms with Crippen LogP contribution in [-0.2, 0) is 6.54 Å². The summed E-state index contributed by atoms with van der Waals surface area (Å²) in [5, 5.41) is 12.1. The van der Waals surface area contributed by atoms with E-state index in [1.54, 1.807) is 32.2 Å². The van der Waals surface area contributed by atoms with Gasteiger partial charge in [0, 0.05) is 25.8 Å². The largest absolute Gasteiger partial charge is 0.478 e. The summed E-state index contributed by atoms with van der Waals surface area (Å²) < 4.78 is 5.41. The molecule has 0 saturated carbocycles. The van der Waals surface area contributed by atoms with Gasteiger partial charge in [0.05, 0.1) is 17.1 Å². The SMILES string of the molecule is Cc1oc(CN(C)C(=O)c2cc(N3CCNC3=O)ccc2Cl)cc1C(=O)O. The zero-order valence-corrected chi connectivity index (χ0v) is 15.5. The van der Waals surface area contributed by atoms with E-state index in [4.69, 9.17) is 21.1 Å². The molecule has 3 rings (SSSR count). The normalized spacial score (nSPS) is 13.6. The fourth-order valence-corrected chi connectivity index (χ4v) is 3.11. The number of aryl methyl sites for hydroxylation is 1. The molecule has 2 heterocycles. The lowest BCUT2D eigenvalue weighted by molar-refractivity contribution is 0.0694. The van der Waals surface area contributed by atoms with Crippen LogP contribution in [0, 0.1) is 6.92 Å². The Labute approximate surface area is 160 Å². The van der Waals surface area contributed by atoms with Crippen molar-refractivity contribution in [2.24, 2.45) is 0 Å². The highest BCUT2D eigenvalue weighted by molar-refractivity contribution is 6.34. The molecule has 142 valence electrons. The van der Waals surface area contributed by atoms with Crippen molar-refractivity contribution in [2.45, 2.75) is 13.5 Å². The van der Waals surface area contributed by atoms with Gasteiger partial charge in [-0.3, -0.25) is 9.69 Å². The Bertz CT molecular complexity index is 924. The standard InChI is InChI=1S/C18H18ClN3O5/c1-10-13(17(24)25)8-12(27-10)9-21(2)16(23)14-7-11(3-4-15(14)19)22-6-5-20-18(22)26/h3-4,7-8H,5-6,9H2,1-2H3,(H,20,26)(H,24,25). The highest BCUT2D eigenvalue weighted by atomic mass is 35.5. The number of furan rings is 1. The van der Waals surface area contributed by atoms with Crippen LogP contribution in [0.3, 0.4) is 0 Å². The lowest BCUT2D eigenvalue weighted by atomic mass is 10.1. The van der Waals surface area contributed by atoms with Gasteiger partial charge in [0.1, 0.15) is 17.1 Å². The number of benzene rings is 1. The van der Waals surface area contributed by atoms with E-state index in [1.165, 1.54) is 15.9 Å². The maximum Gasteiger partial charge on any atom is 0.339 e. The van der Waals surface area contributed by atoms with E-state index < -0.39 is 5.97 Å². The maximum absolute atomic E-state index is 12.8. The third-order valence-corrected chi connectivity index (χ3v) is 4.62. The highest BCUT2D eigenvalue weighted by Crippen LogP contribution is 2.26. The number of halogens is 1. The van der Waals surface area contributed by atoms with E-state index in [2.05, 4.69) is 5.32 Å². The number of anilines is 1. The number of carbonyl (C=O) groups excluding carboxylic acids is 2. The molecule has 1 aliphatic heterocycles. The summed E-state index contributed by atoms with van der Waals surface area (Å²) in [4.78, 5) is 38.7. The van der Waals surface area contributed by atoms with Gasteiger partial charge in [0.2, 0.25) is 0 Å². The number of nitrogens with one attached hydrogen (secondary N) is 1. The van der Waals surface area contributed by atoms with Gasteiger partial charge in [-0.1, -0.05) is 11.6 Å². The molecule has 27 heavy (non-hydrogen) atoms. The molecular weight excluding hydrogens is 374 g/mol. The number of hydrogen-bond acceptors (Lipinski definition) is 4. The first-order valence-electron chi connectivity index (χ1n) is 8.21. The summed E-state index contributed by atoms with van der Waals surface area (Å²) in [6.45, 7) is 2.68. The van der Waals surface area contributed by atoms with Crippen LogP contribution in [0.5, 0.6) is 0 Å². The summed E-state index contributed by atoms with van der Waals surface area (Å²) >= 11 is 6.18. The van der Waals surface area contributed by atoms with Gasteiger partial charge in [-0.2, -0.15) is 0 Å². The van der Waals surface area contributed by atoms with Crippen LogP contribution in [0.2, 0.25) is 5.02 Å². The number of amides is 3. The Balaban J connectivity index is 1.81. The number of urea groups is 1. The van der Waals surface area contributed by atoms with Crippen molar-refractivity contribution < 1.29 is 23.9 Å². The Morgan fingerprint density at radius 1 is 1.33 bits per heavy atom. The Kier molecular flexibility index (Phi) is 5.09. The minimum absolute atomic E-state index is 0.0610. The first kappa shape index (κ1) is 18.8. The van der Waals surface area contributed by atoms with Crippen molar-refractivity contribution in [2.75, 3.05) is 25.0 Å². The van der Waals surface area contributed by atoms with Crippen molar-refractivity contribution in [1.29, 1.82) is 0 Å². The van der Waals surface area contributed by atoms with Gasteiger partial charge < -0.3 is 19.7 Å². The summed E-state index contributed by atoms with van der Waals surface area (Å²) in [5.74, 6) is -0.825. The smallest absolute Gasteiger partial charge is 0.339 e. The number of carboxylic acids is 1. The van der Waals surface area contributed by atoms with Crippen LogP contribution in [0.15, 0.2) is 28.7 Å². The van der Waals surface area contributed by atoms with E-state index in [0.717, 1.165) is 0 Å². The van der Waals surface area contributed by atoms with E-state index in [9.17, 15) is 14.4 Å². The second-order valence-corrected chi connectivity index (χ2v) is 6.60. The molecule has 0 aliphatic carbocycles. The Morgan fingerprint density at radius 3 is 2.67 bits per heavy atom. The summed E-state index contributed by atoms with van der Waals surface area (Å²) in [7, 11) is 1.56. The zero-order valence-electron chi connectivity index (χ0n) is 14.8. The summed E-state index contributed by atoms with van der Waals surface area (Å²) in [5.41, 5.74) is 0.886. The van der Waals surface area contributed by atoms with Crippen LogP contribution in [-0.4, -0.2) is 48.1 Å². The molecule has 0 radical (unpaired) electrons. The van der Waals surface area contributed by atoms with Crippen LogP contribution in [0.25, 0.3) is 0 Å². The molecule has 1 aromatic heterocycles. The van der Waals surface area contributed by atoms with Gasteiger partial charge in [-0.05, 0) is 31.2 Å². The van der Waals surface area contributed by atoms with E-state index in [-0.39, 0.29) is 40.4 Å². The fourth-order valence-electron chi connectivity index (χ4n) is 2.91. The first-order chi connectivity index (χ1) is 12.8. The summed E-state index contributed by atoms with van der Waals surface area (Å²) in [6, 6.07) is 5.99. The predicted molar refractivity (Wildman–Crippen MR) is 98.4 cm³/mol. The third kappa shape index (κ3) is 3.75. The molecule has 0 atom stereocenters. The van der Waals surface area contributed by atoms with Crippen molar-refractivity contribution in [3.05, 3.63) is 51.9 Å². The average Bonchev–Trinajstić information content (AvgIpc) is 3.20. The molecule has 1 fully saturated rings. The monoisotopic (exact) mass is 391 g/mol. The van der Waals surface area contributed by atoms with E-state index in [1.807, 2.05) is 0 Å². The van der Waals surface area contributed by atoms with E-state index >= 15 is 0 Å². The Morgan fingerprint density at radius 2 is 2.07 bits per heavy atom. The summed E-state index contributed by atoms with van der Waals surface area (Å²) in [6.07, 6.45) is 0. The van der Waals surface area contributed by atoms with Crippen LogP contribution in [0.1, 0.15) is 32.2 Å². The molecule has 3 amide bonds. The van der Waals surface area contributed by atoms with Gasteiger partial charge in [0.25, 0.3) is 5.91 Å². The number of carbonyl (C=O) groups is 3. The molecule has 1 saturated heterocycles. The first-order valence-corrected chi connectivity index (χ1v) is 8.58. The van der Waals surface area contributed by atoms with Crippen molar-refractivity contribution in [1.82, 2.24) is 10.2 Å². The molecule has 0 unspecified atom stereocenters. The molecule has 1 aliphatic rings. The molecule has 2 aromatic rings. The third-order valence-electron chi connectivity index (χ3n) is 4.29. The average molecular weight is 392 g/mol. The molecule has 0 bridgehead atoms. The molecule has 8 nitrogen and oxygen atoms in total. The van der Waals surface area contributed by atoms with Crippen molar-refractivity contribution in [3.63, 3.8) is 0 Å². The lowest BCUT2D eigenvalue weighted by Gasteiger charge is -2.19. The van der Waals surface area contributed by atoms with Crippen molar-refractivity contribution in [3.8, 4) is 0 Å². The van der Waals surface area contributed by atoms with Gasteiger partial charge in [-0.25, -0.2) is 9.59 Å². The number of carboxylic acid groups (broad SMARTS) is 1. The zero-order chi connectivity index (χ0) is 19.7. The predicted octanol–water partition coefficient (Wildman–Crippen LogP) is 2.74. The lowest BCUT2D eigenvalue weighted by Crippen LogP contribution is -2.29. The highest BCUT2D eigenvalue weighted by Gasteiger charge is 2.24. The van der Waals surface area contributed by atoms with Crippen LogP contribution in [0.4, 0.5) is 10.5 Å². The van der Waals surface area contributed by atoms with Crippen LogP contribution < -0.4 is 10.2 Å². The molecule has 0 spiro atoms. The second kappa shape index (κ2) is 7.32. The number of hydrogen-bond donors (Lipinski definition) is 2. The fraction of sp³-hybridized carbons (Fsp3) is 0.278. The Hall–Kier alpha value is -3.00. The van der Waals surface area contributed by atoms with Crippen molar-refractivity contribution >= 4 is 35.2 Å². The number of nitrogens with zero attached hydrogens (tertiary/aromatic N) is 2.